The third-order valence-corrected chi connectivity index (χ3v) is 3.92. The molecule has 3 heterocycles. The van der Waals surface area contributed by atoms with E-state index in [9.17, 15) is 0 Å². The van der Waals surface area contributed by atoms with Crippen LogP contribution in [0.2, 0.25) is 0 Å². The van der Waals surface area contributed by atoms with Crippen molar-refractivity contribution < 1.29 is 0 Å². The Balaban J connectivity index is 1.61. The fourth-order valence-corrected chi connectivity index (χ4v) is 2.76. The van der Waals surface area contributed by atoms with Crippen molar-refractivity contribution in [3.05, 3.63) is 12.1 Å². The SMILES string of the molecule is c1cc2nnnn2nc1N(CC1CCCN1)C1CC1. The van der Waals surface area contributed by atoms with Crippen LogP contribution in [0.5, 0.6) is 0 Å². The van der Waals surface area contributed by atoms with E-state index in [0.717, 1.165) is 18.9 Å². The van der Waals surface area contributed by atoms with E-state index in [2.05, 4.69) is 30.8 Å². The van der Waals surface area contributed by atoms with Crippen LogP contribution in [-0.4, -0.2) is 50.4 Å². The van der Waals surface area contributed by atoms with Gasteiger partial charge in [-0.2, -0.15) is 0 Å². The minimum atomic E-state index is 0.590. The molecule has 0 radical (unpaired) electrons. The first-order valence-electron chi connectivity index (χ1n) is 6.95. The molecule has 1 aliphatic heterocycles. The number of nitrogens with zero attached hydrogens (tertiary/aromatic N) is 6. The maximum absolute atomic E-state index is 4.52. The number of aromatic nitrogens is 5. The lowest BCUT2D eigenvalue weighted by molar-refractivity contribution is 0.570. The highest BCUT2D eigenvalue weighted by atomic mass is 15.6. The van der Waals surface area contributed by atoms with Crippen molar-refractivity contribution in [2.45, 2.75) is 37.8 Å². The van der Waals surface area contributed by atoms with Crippen molar-refractivity contribution >= 4 is 11.5 Å². The van der Waals surface area contributed by atoms with E-state index in [1.165, 1.54) is 30.3 Å². The molecule has 100 valence electrons. The summed E-state index contributed by atoms with van der Waals surface area (Å²) in [6, 6.07) is 5.19. The molecule has 2 aromatic rings. The average Bonchev–Trinajstić information content (AvgIpc) is 2.96. The minimum Gasteiger partial charge on any atom is -0.351 e. The molecule has 1 aliphatic carbocycles. The smallest absolute Gasteiger partial charge is 0.200 e. The van der Waals surface area contributed by atoms with Crippen molar-refractivity contribution in [3.8, 4) is 0 Å². The van der Waals surface area contributed by atoms with Crippen LogP contribution in [0, 0.1) is 0 Å². The Morgan fingerprint density at radius 3 is 3.05 bits per heavy atom. The zero-order chi connectivity index (χ0) is 12.7. The predicted molar refractivity (Wildman–Crippen MR) is 70.0 cm³/mol. The molecule has 19 heavy (non-hydrogen) atoms. The standard InChI is InChI=1S/C12H17N7/c1-2-9(13-7-1)8-18(10-3-4-10)12-6-5-11-14-16-17-19(11)15-12/h5-6,9-10,13H,1-4,7-8H2. The summed E-state index contributed by atoms with van der Waals surface area (Å²) >= 11 is 0. The van der Waals surface area contributed by atoms with E-state index in [1.54, 1.807) is 0 Å². The first kappa shape index (κ1) is 11.1. The molecule has 0 bridgehead atoms. The summed E-state index contributed by atoms with van der Waals surface area (Å²) in [6.45, 7) is 2.17. The van der Waals surface area contributed by atoms with Gasteiger partial charge in [-0.25, -0.2) is 0 Å². The van der Waals surface area contributed by atoms with Gasteiger partial charge >= 0.3 is 0 Å². The molecule has 2 aromatic heterocycles. The molecule has 0 amide bonds. The van der Waals surface area contributed by atoms with E-state index < -0.39 is 0 Å². The summed E-state index contributed by atoms with van der Waals surface area (Å²) in [4.78, 5) is 2.41. The maximum Gasteiger partial charge on any atom is 0.200 e. The Kier molecular flexibility index (Phi) is 2.58. The highest BCUT2D eigenvalue weighted by molar-refractivity contribution is 5.46. The Morgan fingerprint density at radius 2 is 2.26 bits per heavy atom. The summed E-state index contributed by atoms with van der Waals surface area (Å²) in [5.74, 6) is 0.982. The maximum atomic E-state index is 4.52. The highest BCUT2D eigenvalue weighted by Gasteiger charge is 2.32. The third-order valence-electron chi connectivity index (χ3n) is 3.92. The van der Waals surface area contributed by atoms with Crippen LogP contribution in [0.15, 0.2) is 12.1 Å². The zero-order valence-corrected chi connectivity index (χ0v) is 10.7. The lowest BCUT2D eigenvalue weighted by Gasteiger charge is -2.26. The highest BCUT2D eigenvalue weighted by Crippen LogP contribution is 2.31. The van der Waals surface area contributed by atoms with Crippen LogP contribution in [-0.2, 0) is 0 Å². The first-order chi connectivity index (χ1) is 9.40. The monoisotopic (exact) mass is 259 g/mol. The van der Waals surface area contributed by atoms with Gasteiger partial charge in [0.25, 0.3) is 0 Å². The van der Waals surface area contributed by atoms with E-state index in [0.29, 0.717) is 17.7 Å². The third kappa shape index (κ3) is 2.14. The van der Waals surface area contributed by atoms with Crippen LogP contribution in [0.1, 0.15) is 25.7 Å². The quantitative estimate of drug-likeness (QED) is 0.848. The van der Waals surface area contributed by atoms with Crippen molar-refractivity contribution in [1.82, 2.24) is 30.6 Å². The van der Waals surface area contributed by atoms with Crippen LogP contribution in [0.4, 0.5) is 5.82 Å². The van der Waals surface area contributed by atoms with Gasteiger partial charge in [0.05, 0.1) is 0 Å². The molecule has 1 unspecified atom stereocenters. The van der Waals surface area contributed by atoms with Gasteiger partial charge in [0.15, 0.2) is 11.5 Å². The van der Waals surface area contributed by atoms with E-state index in [1.807, 2.05) is 12.1 Å². The number of hydrogen-bond donors (Lipinski definition) is 1. The van der Waals surface area contributed by atoms with Gasteiger partial charge in [-0.3, -0.25) is 0 Å². The number of rotatable bonds is 4. The molecule has 0 aromatic carbocycles. The van der Waals surface area contributed by atoms with E-state index in [-0.39, 0.29) is 0 Å². The molecule has 4 rings (SSSR count). The molecular formula is C12H17N7. The van der Waals surface area contributed by atoms with Crippen LogP contribution in [0.25, 0.3) is 5.65 Å². The van der Waals surface area contributed by atoms with Crippen molar-refractivity contribution in [1.29, 1.82) is 0 Å². The molecule has 1 saturated carbocycles. The second kappa shape index (κ2) is 4.41. The number of nitrogens with one attached hydrogen (secondary N) is 1. The second-order valence-electron chi connectivity index (χ2n) is 5.39. The van der Waals surface area contributed by atoms with Crippen LogP contribution >= 0.6 is 0 Å². The van der Waals surface area contributed by atoms with Crippen LogP contribution in [0.3, 0.4) is 0 Å². The summed E-state index contributed by atoms with van der Waals surface area (Å²) in [5, 5.41) is 19.5. The van der Waals surface area contributed by atoms with Crippen molar-refractivity contribution in [3.63, 3.8) is 0 Å². The fraction of sp³-hybridized carbons (Fsp3) is 0.667. The van der Waals surface area contributed by atoms with Crippen molar-refractivity contribution in [2.75, 3.05) is 18.0 Å². The van der Waals surface area contributed by atoms with Crippen molar-refractivity contribution in [2.24, 2.45) is 0 Å². The minimum absolute atomic E-state index is 0.590. The molecular weight excluding hydrogens is 242 g/mol. The lowest BCUT2D eigenvalue weighted by atomic mass is 10.2. The van der Waals surface area contributed by atoms with Crippen LogP contribution < -0.4 is 10.2 Å². The van der Waals surface area contributed by atoms with Gasteiger partial charge in [0, 0.05) is 18.6 Å². The van der Waals surface area contributed by atoms with Gasteiger partial charge in [-0.1, -0.05) is 0 Å². The Morgan fingerprint density at radius 1 is 1.32 bits per heavy atom. The summed E-state index contributed by atoms with van der Waals surface area (Å²) in [5.41, 5.74) is 0.693. The molecule has 7 heteroatoms. The molecule has 2 fully saturated rings. The molecule has 0 spiro atoms. The number of tetrazole rings is 1. The number of anilines is 1. The summed E-state index contributed by atoms with van der Waals surface area (Å²) in [6.07, 6.45) is 5.07. The topological polar surface area (TPSA) is 71.2 Å². The Bertz CT molecular complexity index is 570. The number of hydrogen-bond acceptors (Lipinski definition) is 6. The zero-order valence-electron chi connectivity index (χ0n) is 10.7. The summed E-state index contributed by atoms with van der Waals surface area (Å²) < 4.78 is 1.51. The number of fused-ring (bicyclic) bond motifs is 1. The lowest BCUT2D eigenvalue weighted by Crippen LogP contribution is -2.39. The first-order valence-corrected chi connectivity index (χ1v) is 6.95. The summed E-state index contributed by atoms with van der Waals surface area (Å²) in [7, 11) is 0. The van der Waals surface area contributed by atoms with E-state index >= 15 is 0 Å². The molecule has 1 saturated heterocycles. The Hall–Kier alpha value is -1.76. The van der Waals surface area contributed by atoms with Gasteiger partial charge in [0.2, 0.25) is 0 Å². The predicted octanol–water partition coefficient (Wildman–Crippen LogP) is 0.240. The van der Waals surface area contributed by atoms with E-state index in [4.69, 9.17) is 0 Å². The van der Waals surface area contributed by atoms with Gasteiger partial charge in [-0.05, 0) is 54.8 Å². The second-order valence-corrected chi connectivity index (χ2v) is 5.39. The fourth-order valence-electron chi connectivity index (χ4n) is 2.76. The average molecular weight is 259 g/mol. The molecule has 1 atom stereocenters. The van der Waals surface area contributed by atoms with Gasteiger partial charge in [0.1, 0.15) is 0 Å². The largest absolute Gasteiger partial charge is 0.351 e. The van der Waals surface area contributed by atoms with Gasteiger partial charge < -0.3 is 10.2 Å². The van der Waals surface area contributed by atoms with Gasteiger partial charge in [-0.15, -0.1) is 14.8 Å². The normalized spacial score (nSPS) is 23.1. The molecule has 1 N–H and O–H groups in total. The molecule has 7 nitrogen and oxygen atoms in total. The molecule has 2 aliphatic rings. The Labute approximate surface area is 111 Å².